The van der Waals surface area contributed by atoms with Crippen LogP contribution in [-0.4, -0.2) is 28.8 Å². The zero-order chi connectivity index (χ0) is 14.4. The monoisotopic (exact) mass is 263 g/mol. The summed E-state index contributed by atoms with van der Waals surface area (Å²) in [6.45, 7) is 1.65. The van der Waals surface area contributed by atoms with Gasteiger partial charge in [-0.15, -0.1) is 0 Å². The van der Waals surface area contributed by atoms with E-state index < -0.39 is 12.2 Å². The minimum atomic E-state index is -1.12. The van der Waals surface area contributed by atoms with Crippen LogP contribution in [0, 0.1) is 11.3 Å². The number of carbonyl (C=O) groups is 1. The van der Waals surface area contributed by atoms with Gasteiger partial charge in [0, 0.05) is 19.2 Å². The molecule has 19 heavy (non-hydrogen) atoms. The maximum absolute atomic E-state index is 10.7. The van der Waals surface area contributed by atoms with Crippen LogP contribution in [0.3, 0.4) is 0 Å². The van der Waals surface area contributed by atoms with Crippen LogP contribution in [0.1, 0.15) is 30.6 Å². The van der Waals surface area contributed by atoms with Gasteiger partial charge in [-0.2, -0.15) is 5.26 Å². The lowest BCUT2D eigenvalue weighted by molar-refractivity contribution is -0.119. The molecule has 0 saturated carbocycles. The van der Waals surface area contributed by atoms with Crippen LogP contribution in [-0.2, 0) is 4.79 Å². The van der Waals surface area contributed by atoms with E-state index in [1.807, 2.05) is 6.07 Å². The fourth-order valence-electron chi connectivity index (χ4n) is 1.63. The van der Waals surface area contributed by atoms with Gasteiger partial charge in [-0.05, 0) is 24.1 Å². The van der Waals surface area contributed by atoms with Crippen molar-refractivity contribution in [1.29, 1.82) is 5.26 Å². The van der Waals surface area contributed by atoms with Crippen molar-refractivity contribution >= 4 is 11.6 Å². The van der Waals surface area contributed by atoms with E-state index >= 15 is 0 Å². The molecule has 1 amide bonds. The average Bonchev–Trinajstić information content (AvgIpc) is 2.38. The van der Waals surface area contributed by atoms with Gasteiger partial charge >= 0.3 is 0 Å². The largest absolute Gasteiger partial charge is 0.398 e. The molecule has 0 fully saturated rings. The Morgan fingerprint density at radius 2 is 2.21 bits per heavy atom. The molecule has 0 aliphatic rings. The number of hydrogen-bond acceptors (Lipinski definition) is 5. The smallest absolute Gasteiger partial charge is 0.216 e. The number of aliphatic hydroxyl groups is 2. The molecule has 0 saturated heterocycles. The first kappa shape index (κ1) is 15.0. The quantitative estimate of drug-likeness (QED) is 0.560. The third-order valence-corrected chi connectivity index (χ3v) is 2.72. The number of nitrogens with one attached hydrogen (secondary N) is 1. The standard InChI is InChI=1S/C13H17N3O3/c1-8(17)16-5-4-12(18)13(19)9-2-3-11(15)10(6-9)7-14/h2-3,6,12-13,18-19H,4-5,15H2,1H3,(H,16,17). The van der Waals surface area contributed by atoms with Crippen molar-refractivity contribution in [1.82, 2.24) is 5.32 Å². The van der Waals surface area contributed by atoms with Crippen molar-refractivity contribution in [2.75, 3.05) is 12.3 Å². The highest BCUT2D eigenvalue weighted by atomic mass is 16.3. The Balaban J connectivity index is 2.69. The van der Waals surface area contributed by atoms with Crippen LogP contribution in [0.25, 0.3) is 0 Å². The molecule has 1 aromatic carbocycles. The van der Waals surface area contributed by atoms with Crippen molar-refractivity contribution < 1.29 is 15.0 Å². The molecule has 0 radical (unpaired) electrons. The molecule has 1 aromatic rings. The fraction of sp³-hybridized carbons (Fsp3) is 0.385. The van der Waals surface area contributed by atoms with Crippen LogP contribution in [0.5, 0.6) is 0 Å². The summed E-state index contributed by atoms with van der Waals surface area (Å²) >= 11 is 0. The fourth-order valence-corrected chi connectivity index (χ4v) is 1.63. The highest BCUT2D eigenvalue weighted by Gasteiger charge is 2.19. The summed E-state index contributed by atoms with van der Waals surface area (Å²) in [6, 6.07) is 6.43. The van der Waals surface area contributed by atoms with Gasteiger partial charge in [-0.3, -0.25) is 4.79 Å². The van der Waals surface area contributed by atoms with Gasteiger partial charge in [-0.25, -0.2) is 0 Å². The zero-order valence-corrected chi connectivity index (χ0v) is 10.6. The predicted octanol–water partition coefficient (Wildman–Crippen LogP) is 0.0610. The number of anilines is 1. The number of hydrogen-bond donors (Lipinski definition) is 4. The molecular formula is C13H17N3O3. The number of nitrogens with zero attached hydrogens (tertiary/aromatic N) is 1. The Kier molecular flexibility index (Phi) is 5.30. The number of benzene rings is 1. The molecular weight excluding hydrogens is 246 g/mol. The number of carbonyl (C=O) groups excluding carboxylic acids is 1. The second-order valence-electron chi connectivity index (χ2n) is 4.24. The Labute approximate surface area is 111 Å². The zero-order valence-electron chi connectivity index (χ0n) is 10.6. The van der Waals surface area contributed by atoms with Gasteiger partial charge in [0.05, 0.1) is 11.7 Å². The number of nitriles is 1. The highest BCUT2D eigenvalue weighted by Crippen LogP contribution is 2.22. The summed E-state index contributed by atoms with van der Waals surface area (Å²) in [5, 5.41) is 31.1. The minimum Gasteiger partial charge on any atom is -0.398 e. The molecule has 0 bridgehead atoms. The summed E-state index contributed by atoms with van der Waals surface area (Å²) in [7, 11) is 0. The van der Waals surface area contributed by atoms with Crippen LogP contribution >= 0.6 is 0 Å². The second kappa shape index (κ2) is 6.73. The Bertz CT molecular complexity index is 496. The molecule has 0 aromatic heterocycles. The van der Waals surface area contributed by atoms with Crippen LogP contribution in [0.2, 0.25) is 0 Å². The predicted molar refractivity (Wildman–Crippen MR) is 69.8 cm³/mol. The second-order valence-corrected chi connectivity index (χ2v) is 4.24. The average molecular weight is 263 g/mol. The van der Waals surface area contributed by atoms with Crippen molar-refractivity contribution in [3.05, 3.63) is 29.3 Å². The number of rotatable bonds is 5. The van der Waals surface area contributed by atoms with E-state index in [1.54, 1.807) is 6.07 Å². The van der Waals surface area contributed by atoms with Gasteiger partial charge in [0.15, 0.2) is 0 Å². The van der Waals surface area contributed by atoms with Crippen LogP contribution < -0.4 is 11.1 Å². The molecule has 102 valence electrons. The molecule has 2 unspecified atom stereocenters. The molecule has 0 spiro atoms. The Hall–Kier alpha value is -2.10. The summed E-state index contributed by atoms with van der Waals surface area (Å²) < 4.78 is 0. The van der Waals surface area contributed by atoms with Gasteiger partial charge in [0.1, 0.15) is 12.2 Å². The summed E-state index contributed by atoms with van der Waals surface area (Å²) in [5.41, 5.74) is 6.57. The van der Waals surface area contributed by atoms with Gasteiger partial charge in [-0.1, -0.05) is 6.07 Å². The van der Waals surface area contributed by atoms with E-state index in [1.165, 1.54) is 19.1 Å². The molecule has 6 heteroatoms. The highest BCUT2D eigenvalue weighted by molar-refractivity contribution is 5.72. The van der Waals surface area contributed by atoms with Crippen molar-refractivity contribution in [2.24, 2.45) is 0 Å². The van der Waals surface area contributed by atoms with Crippen LogP contribution in [0.15, 0.2) is 18.2 Å². The number of nitrogen functional groups attached to an aromatic ring is 1. The first-order valence-electron chi connectivity index (χ1n) is 5.85. The molecule has 0 aliphatic heterocycles. The van der Waals surface area contributed by atoms with E-state index in [9.17, 15) is 15.0 Å². The van der Waals surface area contributed by atoms with Gasteiger partial charge < -0.3 is 21.3 Å². The lowest BCUT2D eigenvalue weighted by atomic mass is 9.99. The Morgan fingerprint density at radius 1 is 1.53 bits per heavy atom. The van der Waals surface area contributed by atoms with Crippen LogP contribution in [0.4, 0.5) is 5.69 Å². The van der Waals surface area contributed by atoms with E-state index in [4.69, 9.17) is 11.0 Å². The number of nitrogens with two attached hydrogens (primary N) is 1. The summed E-state index contributed by atoms with van der Waals surface area (Å²) in [4.78, 5) is 10.7. The Morgan fingerprint density at radius 3 is 2.79 bits per heavy atom. The third kappa shape index (κ3) is 4.25. The SMILES string of the molecule is CC(=O)NCCC(O)C(O)c1ccc(N)c(C#N)c1. The molecule has 0 heterocycles. The maximum Gasteiger partial charge on any atom is 0.216 e. The number of aliphatic hydroxyl groups excluding tert-OH is 2. The van der Waals surface area contributed by atoms with E-state index in [2.05, 4.69) is 5.32 Å². The molecule has 2 atom stereocenters. The van der Waals surface area contributed by atoms with Gasteiger partial charge in [0.2, 0.25) is 5.91 Å². The third-order valence-electron chi connectivity index (χ3n) is 2.72. The molecule has 0 aliphatic carbocycles. The summed E-state index contributed by atoms with van der Waals surface area (Å²) in [6.07, 6.45) is -1.93. The van der Waals surface area contributed by atoms with Crippen molar-refractivity contribution in [2.45, 2.75) is 25.6 Å². The van der Waals surface area contributed by atoms with Crippen molar-refractivity contribution in [3.8, 4) is 6.07 Å². The lowest BCUT2D eigenvalue weighted by Gasteiger charge is -2.18. The summed E-state index contributed by atoms with van der Waals surface area (Å²) in [5.74, 6) is -0.194. The number of amides is 1. The maximum atomic E-state index is 10.7. The first-order chi connectivity index (χ1) is 8.95. The van der Waals surface area contributed by atoms with E-state index in [-0.39, 0.29) is 24.4 Å². The molecule has 6 nitrogen and oxygen atoms in total. The van der Waals surface area contributed by atoms with E-state index in [0.29, 0.717) is 11.3 Å². The van der Waals surface area contributed by atoms with Gasteiger partial charge in [0.25, 0.3) is 0 Å². The normalized spacial score (nSPS) is 13.4. The topological polar surface area (TPSA) is 119 Å². The molecule has 1 rings (SSSR count). The van der Waals surface area contributed by atoms with E-state index in [0.717, 1.165) is 0 Å². The first-order valence-corrected chi connectivity index (χ1v) is 5.85. The molecule has 5 N–H and O–H groups in total. The van der Waals surface area contributed by atoms with Crippen molar-refractivity contribution in [3.63, 3.8) is 0 Å². The minimum absolute atomic E-state index is 0.194. The lowest BCUT2D eigenvalue weighted by Crippen LogP contribution is -2.27.